The molecule has 1 aromatic heterocycles. The van der Waals surface area contributed by atoms with Crippen molar-refractivity contribution in [3.05, 3.63) is 12.3 Å². The Bertz CT molecular complexity index is 312. The average Bonchev–Trinajstić information content (AvgIpc) is 3.03. The van der Waals surface area contributed by atoms with E-state index >= 15 is 0 Å². The number of hydrogen-bond donors (Lipinski definition) is 1. The lowest BCUT2D eigenvalue weighted by Gasteiger charge is -2.05. The Balaban J connectivity index is 1.80. The molecule has 0 spiro atoms. The number of rotatable bonds is 6. The SMILES string of the molecule is CCOc1ccnc(NCCC2CC2)n1. The van der Waals surface area contributed by atoms with E-state index in [4.69, 9.17) is 4.74 Å². The second kappa shape index (κ2) is 4.96. The Hall–Kier alpha value is -1.32. The highest BCUT2D eigenvalue weighted by Crippen LogP contribution is 2.31. The van der Waals surface area contributed by atoms with E-state index in [9.17, 15) is 0 Å². The number of nitrogens with one attached hydrogen (secondary N) is 1. The molecule has 4 nitrogen and oxygen atoms in total. The van der Waals surface area contributed by atoms with Crippen LogP contribution >= 0.6 is 0 Å². The summed E-state index contributed by atoms with van der Waals surface area (Å²) < 4.78 is 5.30. The number of aromatic nitrogens is 2. The molecule has 1 saturated carbocycles. The number of anilines is 1. The lowest BCUT2D eigenvalue weighted by atomic mass is 10.3. The normalized spacial score (nSPS) is 15.0. The van der Waals surface area contributed by atoms with Crippen LogP contribution in [0, 0.1) is 5.92 Å². The Kier molecular flexibility index (Phi) is 3.37. The van der Waals surface area contributed by atoms with Crippen LogP contribution in [-0.2, 0) is 0 Å². The molecule has 15 heavy (non-hydrogen) atoms. The van der Waals surface area contributed by atoms with Crippen LogP contribution in [0.1, 0.15) is 26.2 Å². The van der Waals surface area contributed by atoms with Gasteiger partial charge in [-0.15, -0.1) is 0 Å². The lowest BCUT2D eigenvalue weighted by Crippen LogP contribution is -2.06. The fourth-order valence-corrected chi connectivity index (χ4v) is 1.45. The van der Waals surface area contributed by atoms with Crippen molar-refractivity contribution >= 4 is 5.95 Å². The van der Waals surface area contributed by atoms with Crippen molar-refractivity contribution in [1.29, 1.82) is 0 Å². The average molecular weight is 207 g/mol. The minimum Gasteiger partial charge on any atom is -0.478 e. The topological polar surface area (TPSA) is 47.0 Å². The Morgan fingerprint density at radius 1 is 1.53 bits per heavy atom. The summed E-state index contributed by atoms with van der Waals surface area (Å²) in [4.78, 5) is 8.37. The minimum atomic E-state index is 0.637. The summed E-state index contributed by atoms with van der Waals surface area (Å²) >= 11 is 0. The van der Waals surface area contributed by atoms with E-state index in [-0.39, 0.29) is 0 Å². The van der Waals surface area contributed by atoms with Gasteiger partial charge in [-0.2, -0.15) is 4.98 Å². The molecule has 0 bridgehead atoms. The highest BCUT2D eigenvalue weighted by atomic mass is 16.5. The van der Waals surface area contributed by atoms with Crippen LogP contribution in [0.2, 0.25) is 0 Å². The summed E-state index contributed by atoms with van der Waals surface area (Å²) in [6, 6.07) is 1.77. The van der Waals surface area contributed by atoms with E-state index in [1.165, 1.54) is 19.3 Å². The maximum Gasteiger partial charge on any atom is 0.225 e. The molecule has 2 rings (SSSR count). The smallest absolute Gasteiger partial charge is 0.225 e. The van der Waals surface area contributed by atoms with E-state index < -0.39 is 0 Å². The zero-order valence-corrected chi connectivity index (χ0v) is 9.07. The van der Waals surface area contributed by atoms with Gasteiger partial charge < -0.3 is 10.1 Å². The van der Waals surface area contributed by atoms with Gasteiger partial charge in [0.05, 0.1) is 6.61 Å². The van der Waals surface area contributed by atoms with Crippen molar-refractivity contribution in [2.45, 2.75) is 26.2 Å². The molecule has 1 fully saturated rings. The van der Waals surface area contributed by atoms with Gasteiger partial charge in [-0.1, -0.05) is 12.8 Å². The third-order valence-electron chi connectivity index (χ3n) is 2.45. The first kappa shape index (κ1) is 10.2. The predicted octanol–water partition coefficient (Wildman–Crippen LogP) is 2.09. The summed E-state index contributed by atoms with van der Waals surface area (Å²) in [5.74, 6) is 2.25. The van der Waals surface area contributed by atoms with Gasteiger partial charge >= 0.3 is 0 Å². The fraction of sp³-hybridized carbons (Fsp3) is 0.636. The molecule has 1 N–H and O–H groups in total. The maximum atomic E-state index is 5.30. The first-order chi connectivity index (χ1) is 7.38. The van der Waals surface area contributed by atoms with Crippen molar-refractivity contribution in [3.8, 4) is 5.88 Å². The molecule has 0 aliphatic heterocycles. The van der Waals surface area contributed by atoms with Crippen molar-refractivity contribution in [2.24, 2.45) is 5.92 Å². The highest BCUT2D eigenvalue weighted by Gasteiger charge is 2.20. The van der Waals surface area contributed by atoms with Crippen LogP contribution in [-0.4, -0.2) is 23.1 Å². The largest absolute Gasteiger partial charge is 0.478 e. The molecular formula is C11H17N3O. The quantitative estimate of drug-likeness (QED) is 0.776. The number of hydrogen-bond acceptors (Lipinski definition) is 4. The van der Waals surface area contributed by atoms with Gasteiger partial charge in [-0.3, -0.25) is 0 Å². The molecule has 1 heterocycles. The summed E-state index contributed by atoms with van der Waals surface area (Å²) in [5, 5.41) is 3.21. The van der Waals surface area contributed by atoms with E-state index in [1.54, 1.807) is 12.3 Å². The minimum absolute atomic E-state index is 0.637. The van der Waals surface area contributed by atoms with Crippen molar-refractivity contribution in [3.63, 3.8) is 0 Å². The molecule has 82 valence electrons. The van der Waals surface area contributed by atoms with Gasteiger partial charge in [0.1, 0.15) is 0 Å². The van der Waals surface area contributed by atoms with Crippen LogP contribution < -0.4 is 10.1 Å². The number of ether oxygens (including phenoxy) is 1. The summed E-state index contributed by atoms with van der Waals surface area (Å²) in [7, 11) is 0. The highest BCUT2D eigenvalue weighted by molar-refractivity contribution is 5.27. The molecule has 0 radical (unpaired) electrons. The lowest BCUT2D eigenvalue weighted by molar-refractivity contribution is 0.326. The molecule has 1 aliphatic rings. The first-order valence-electron chi connectivity index (χ1n) is 5.58. The Morgan fingerprint density at radius 3 is 3.13 bits per heavy atom. The third kappa shape index (κ3) is 3.38. The zero-order chi connectivity index (χ0) is 10.5. The Morgan fingerprint density at radius 2 is 2.40 bits per heavy atom. The molecule has 0 unspecified atom stereocenters. The maximum absolute atomic E-state index is 5.30. The van der Waals surface area contributed by atoms with E-state index in [0.29, 0.717) is 18.4 Å². The molecule has 1 aromatic rings. The molecular weight excluding hydrogens is 190 g/mol. The second-order valence-corrected chi connectivity index (χ2v) is 3.81. The molecule has 0 atom stereocenters. The second-order valence-electron chi connectivity index (χ2n) is 3.81. The standard InChI is InChI=1S/C11H17N3O/c1-2-15-10-6-8-13-11(14-10)12-7-5-9-3-4-9/h6,8-9H,2-5,7H2,1H3,(H,12,13,14). The third-order valence-corrected chi connectivity index (χ3v) is 2.45. The van der Waals surface area contributed by atoms with Crippen LogP contribution in [0.3, 0.4) is 0 Å². The van der Waals surface area contributed by atoms with E-state index in [0.717, 1.165) is 12.5 Å². The van der Waals surface area contributed by atoms with E-state index in [1.807, 2.05) is 6.92 Å². The monoisotopic (exact) mass is 207 g/mol. The first-order valence-corrected chi connectivity index (χ1v) is 5.58. The van der Waals surface area contributed by atoms with Crippen LogP contribution in [0.25, 0.3) is 0 Å². The van der Waals surface area contributed by atoms with Crippen LogP contribution in [0.5, 0.6) is 5.88 Å². The van der Waals surface area contributed by atoms with Gasteiger partial charge in [0, 0.05) is 18.8 Å². The molecule has 0 aromatic carbocycles. The van der Waals surface area contributed by atoms with Gasteiger partial charge in [0.25, 0.3) is 0 Å². The summed E-state index contributed by atoms with van der Waals surface area (Å²) in [5.41, 5.74) is 0. The van der Waals surface area contributed by atoms with E-state index in [2.05, 4.69) is 15.3 Å². The van der Waals surface area contributed by atoms with Gasteiger partial charge in [0.15, 0.2) is 0 Å². The summed E-state index contributed by atoms with van der Waals surface area (Å²) in [6.07, 6.45) is 5.72. The van der Waals surface area contributed by atoms with Crippen LogP contribution in [0.15, 0.2) is 12.3 Å². The van der Waals surface area contributed by atoms with Crippen LogP contribution in [0.4, 0.5) is 5.95 Å². The summed E-state index contributed by atoms with van der Waals surface area (Å²) in [6.45, 7) is 3.54. The zero-order valence-electron chi connectivity index (χ0n) is 9.07. The molecule has 4 heteroatoms. The van der Waals surface area contributed by atoms with Crippen molar-refractivity contribution in [1.82, 2.24) is 9.97 Å². The van der Waals surface area contributed by atoms with Gasteiger partial charge in [-0.05, 0) is 19.3 Å². The number of nitrogens with zero attached hydrogens (tertiary/aromatic N) is 2. The van der Waals surface area contributed by atoms with Gasteiger partial charge in [0.2, 0.25) is 11.8 Å². The Labute approximate surface area is 90.1 Å². The fourth-order valence-electron chi connectivity index (χ4n) is 1.45. The van der Waals surface area contributed by atoms with Crippen molar-refractivity contribution in [2.75, 3.05) is 18.5 Å². The van der Waals surface area contributed by atoms with Crippen molar-refractivity contribution < 1.29 is 4.74 Å². The molecule has 1 aliphatic carbocycles. The van der Waals surface area contributed by atoms with Gasteiger partial charge in [-0.25, -0.2) is 4.98 Å². The predicted molar refractivity (Wildman–Crippen MR) is 59.0 cm³/mol. The molecule has 0 amide bonds. The molecule has 0 saturated heterocycles.